The zero-order valence-corrected chi connectivity index (χ0v) is 10.2. The number of esters is 1. The van der Waals surface area contributed by atoms with Gasteiger partial charge in [0, 0.05) is 6.20 Å². The molecule has 0 aliphatic carbocycles. The highest BCUT2D eigenvalue weighted by Crippen LogP contribution is 2.19. The van der Waals surface area contributed by atoms with Crippen molar-refractivity contribution in [1.82, 2.24) is 4.98 Å². The summed E-state index contributed by atoms with van der Waals surface area (Å²) in [7, 11) is 1.48. The number of methoxy groups -OCH3 is 1. The molecular formula is C10H12ClN3O3. The summed E-state index contributed by atoms with van der Waals surface area (Å²) in [5, 5.41) is 3.37. The minimum atomic E-state index is -0.690. The van der Waals surface area contributed by atoms with Crippen LogP contribution >= 0.6 is 11.6 Å². The van der Waals surface area contributed by atoms with E-state index in [9.17, 15) is 4.79 Å². The molecule has 1 rings (SSSR count). The molecule has 6 nitrogen and oxygen atoms in total. The number of nitrogens with zero attached hydrogens (tertiary/aromatic N) is 2. The molecule has 0 atom stereocenters. The van der Waals surface area contributed by atoms with Crippen LogP contribution in [0.15, 0.2) is 23.4 Å². The van der Waals surface area contributed by atoms with Crippen molar-refractivity contribution in [2.75, 3.05) is 19.1 Å². The van der Waals surface area contributed by atoms with Crippen molar-refractivity contribution in [1.29, 1.82) is 0 Å². The van der Waals surface area contributed by atoms with E-state index in [0.717, 1.165) is 0 Å². The Bertz CT molecular complexity index is 423. The van der Waals surface area contributed by atoms with Crippen molar-refractivity contribution in [2.24, 2.45) is 5.10 Å². The monoisotopic (exact) mass is 257 g/mol. The van der Waals surface area contributed by atoms with Crippen molar-refractivity contribution < 1.29 is 14.3 Å². The highest BCUT2D eigenvalue weighted by atomic mass is 35.5. The van der Waals surface area contributed by atoms with E-state index >= 15 is 0 Å². The lowest BCUT2D eigenvalue weighted by Gasteiger charge is -2.05. The third kappa shape index (κ3) is 3.92. The van der Waals surface area contributed by atoms with Gasteiger partial charge in [-0.05, 0) is 19.1 Å². The SMILES string of the molecule is CCOC(=O)/C(Cl)=N\Nc1cccnc1OC. The van der Waals surface area contributed by atoms with E-state index in [0.29, 0.717) is 11.6 Å². The second-order valence-electron chi connectivity index (χ2n) is 2.80. The number of hydrazone groups is 1. The van der Waals surface area contributed by atoms with Crippen LogP contribution in [-0.2, 0) is 9.53 Å². The van der Waals surface area contributed by atoms with E-state index in [-0.39, 0.29) is 11.8 Å². The Balaban J connectivity index is 2.71. The topological polar surface area (TPSA) is 72.8 Å². The Morgan fingerprint density at radius 2 is 2.41 bits per heavy atom. The van der Waals surface area contributed by atoms with Crippen LogP contribution in [0, 0.1) is 0 Å². The molecule has 0 aliphatic heterocycles. The summed E-state index contributed by atoms with van der Waals surface area (Å²) >= 11 is 5.61. The molecule has 0 radical (unpaired) electrons. The first-order chi connectivity index (χ1) is 8.19. The second-order valence-corrected chi connectivity index (χ2v) is 3.15. The average Bonchev–Trinajstić information content (AvgIpc) is 2.36. The second kappa shape index (κ2) is 6.70. The molecule has 0 unspecified atom stereocenters. The fraction of sp³-hybridized carbons (Fsp3) is 0.300. The number of pyridine rings is 1. The highest BCUT2D eigenvalue weighted by Gasteiger charge is 2.09. The van der Waals surface area contributed by atoms with Gasteiger partial charge in [-0.25, -0.2) is 9.78 Å². The molecule has 1 aromatic rings. The Kier molecular flexibility index (Phi) is 5.22. The van der Waals surface area contributed by atoms with Gasteiger partial charge in [0.05, 0.1) is 13.7 Å². The fourth-order valence-corrected chi connectivity index (χ4v) is 1.08. The molecule has 0 amide bonds. The number of halogens is 1. The minimum Gasteiger partial charge on any atom is -0.479 e. The number of carbonyl (C=O) groups is 1. The fourth-order valence-electron chi connectivity index (χ4n) is 0.984. The molecule has 0 saturated carbocycles. The summed E-state index contributed by atoms with van der Waals surface area (Å²) in [5.41, 5.74) is 3.07. The minimum absolute atomic E-state index is 0.237. The summed E-state index contributed by atoms with van der Waals surface area (Å²) in [5.74, 6) is -0.339. The average molecular weight is 258 g/mol. The van der Waals surface area contributed by atoms with Crippen LogP contribution in [0.2, 0.25) is 0 Å². The van der Waals surface area contributed by atoms with Gasteiger partial charge in [-0.3, -0.25) is 5.43 Å². The van der Waals surface area contributed by atoms with Gasteiger partial charge in [0.1, 0.15) is 5.69 Å². The number of anilines is 1. The van der Waals surface area contributed by atoms with Gasteiger partial charge in [-0.2, -0.15) is 5.10 Å². The predicted octanol–water partition coefficient (Wildman–Crippen LogP) is 1.62. The molecule has 1 heterocycles. The molecule has 0 spiro atoms. The molecule has 0 saturated heterocycles. The molecule has 17 heavy (non-hydrogen) atoms. The summed E-state index contributed by atoms with van der Waals surface area (Å²) in [6.07, 6.45) is 1.57. The van der Waals surface area contributed by atoms with Crippen molar-refractivity contribution in [2.45, 2.75) is 6.92 Å². The molecule has 0 aromatic carbocycles. The Labute approximate surface area is 104 Å². The zero-order valence-electron chi connectivity index (χ0n) is 9.44. The van der Waals surface area contributed by atoms with Crippen LogP contribution in [0.5, 0.6) is 5.88 Å². The maximum atomic E-state index is 11.1. The van der Waals surface area contributed by atoms with E-state index < -0.39 is 5.97 Å². The van der Waals surface area contributed by atoms with Crippen LogP contribution in [0.25, 0.3) is 0 Å². The standard InChI is InChI=1S/C10H12ClN3O3/c1-3-17-10(15)8(11)14-13-7-5-4-6-12-9(7)16-2/h4-6,13H,3H2,1-2H3/b14-8+. The maximum absolute atomic E-state index is 11.1. The Hall–Kier alpha value is -1.82. The Morgan fingerprint density at radius 3 is 3.06 bits per heavy atom. The van der Waals surface area contributed by atoms with Gasteiger partial charge in [-0.15, -0.1) is 0 Å². The molecule has 1 aromatic heterocycles. The molecule has 92 valence electrons. The number of ether oxygens (including phenoxy) is 2. The van der Waals surface area contributed by atoms with E-state index in [1.165, 1.54) is 7.11 Å². The summed E-state index contributed by atoms with van der Waals surface area (Å²) in [4.78, 5) is 15.1. The van der Waals surface area contributed by atoms with Crippen molar-refractivity contribution in [3.63, 3.8) is 0 Å². The third-order valence-electron chi connectivity index (χ3n) is 1.68. The van der Waals surface area contributed by atoms with Gasteiger partial charge in [0.15, 0.2) is 0 Å². The number of carbonyl (C=O) groups excluding carboxylic acids is 1. The van der Waals surface area contributed by atoms with E-state index in [1.54, 1.807) is 25.3 Å². The number of rotatable bonds is 5. The van der Waals surface area contributed by atoms with Gasteiger partial charge < -0.3 is 9.47 Å². The van der Waals surface area contributed by atoms with Crippen LogP contribution in [0.4, 0.5) is 5.69 Å². The lowest BCUT2D eigenvalue weighted by Crippen LogP contribution is -2.13. The molecule has 1 N–H and O–H groups in total. The predicted molar refractivity (Wildman–Crippen MR) is 64.3 cm³/mol. The molecule has 0 aliphatic rings. The number of aromatic nitrogens is 1. The molecule has 0 bridgehead atoms. The summed E-state index contributed by atoms with van der Waals surface area (Å²) in [6, 6.07) is 3.38. The summed E-state index contributed by atoms with van der Waals surface area (Å²) in [6.45, 7) is 1.92. The first kappa shape index (κ1) is 13.2. The van der Waals surface area contributed by atoms with Crippen LogP contribution in [-0.4, -0.2) is 29.8 Å². The Morgan fingerprint density at radius 1 is 1.65 bits per heavy atom. The van der Waals surface area contributed by atoms with Gasteiger partial charge >= 0.3 is 5.97 Å². The summed E-state index contributed by atoms with van der Waals surface area (Å²) < 4.78 is 9.64. The quantitative estimate of drug-likeness (QED) is 0.493. The van der Waals surface area contributed by atoms with Gasteiger partial charge in [0.2, 0.25) is 11.1 Å². The van der Waals surface area contributed by atoms with Crippen LogP contribution in [0.3, 0.4) is 0 Å². The number of hydrogen-bond acceptors (Lipinski definition) is 6. The number of nitrogens with one attached hydrogen (secondary N) is 1. The van der Waals surface area contributed by atoms with E-state index in [2.05, 4.69) is 20.2 Å². The van der Waals surface area contributed by atoms with Crippen LogP contribution in [0.1, 0.15) is 6.92 Å². The van der Waals surface area contributed by atoms with E-state index in [1.807, 2.05) is 0 Å². The first-order valence-corrected chi connectivity index (χ1v) is 5.22. The van der Waals surface area contributed by atoms with Gasteiger partial charge in [-0.1, -0.05) is 11.6 Å². The molecular weight excluding hydrogens is 246 g/mol. The maximum Gasteiger partial charge on any atom is 0.370 e. The van der Waals surface area contributed by atoms with Crippen molar-refractivity contribution >= 4 is 28.4 Å². The van der Waals surface area contributed by atoms with Crippen LogP contribution < -0.4 is 10.2 Å². The smallest absolute Gasteiger partial charge is 0.370 e. The zero-order chi connectivity index (χ0) is 12.7. The van der Waals surface area contributed by atoms with Crippen molar-refractivity contribution in [3.8, 4) is 5.88 Å². The van der Waals surface area contributed by atoms with Gasteiger partial charge in [0.25, 0.3) is 0 Å². The van der Waals surface area contributed by atoms with Crippen molar-refractivity contribution in [3.05, 3.63) is 18.3 Å². The molecule has 0 fully saturated rings. The van der Waals surface area contributed by atoms with E-state index in [4.69, 9.17) is 16.3 Å². The largest absolute Gasteiger partial charge is 0.479 e. The number of hydrogen-bond donors (Lipinski definition) is 1. The first-order valence-electron chi connectivity index (χ1n) is 4.84. The molecule has 7 heteroatoms. The normalized spacial score (nSPS) is 10.9. The lowest BCUT2D eigenvalue weighted by atomic mass is 10.4. The lowest BCUT2D eigenvalue weighted by molar-refractivity contribution is -0.134. The highest BCUT2D eigenvalue weighted by molar-refractivity contribution is 6.82. The third-order valence-corrected chi connectivity index (χ3v) is 1.92.